The molecule has 1 aromatic rings. The summed E-state index contributed by atoms with van der Waals surface area (Å²) in [5.41, 5.74) is 0.117. The maximum Gasteiger partial charge on any atom is 0.313 e. The molecule has 0 fully saturated rings. The first kappa shape index (κ1) is 9.84. The first-order chi connectivity index (χ1) is 6.00. The first-order valence-electron chi connectivity index (χ1n) is 4.36. The number of aromatic nitrogens is 1. The van der Waals surface area contributed by atoms with Crippen molar-refractivity contribution >= 4 is 5.97 Å². The molecular formula is C10H15NO2. The van der Waals surface area contributed by atoms with Gasteiger partial charge in [-0.2, -0.15) is 0 Å². The largest absolute Gasteiger partial charge is 0.481 e. The van der Waals surface area contributed by atoms with Crippen LogP contribution < -0.4 is 0 Å². The molecule has 1 heterocycles. The highest BCUT2D eigenvalue weighted by atomic mass is 16.4. The number of aryl methyl sites for hydroxylation is 1. The van der Waals surface area contributed by atoms with Crippen LogP contribution in [-0.2, 0) is 17.3 Å². The van der Waals surface area contributed by atoms with E-state index in [0.29, 0.717) is 6.42 Å². The van der Waals surface area contributed by atoms with Crippen molar-refractivity contribution in [1.29, 1.82) is 0 Å². The molecule has 0 aliphatic rings. The Morgan fingerprint density at radius 2 is 2.31 bits per heavy atom. The van der Waals surface area contributed by atoms with E-state index in [-0.39, 0.29) is 0 Å². The normalized spacial score (nSPS) is 15.3. The molecule has 1 atom stereocenters. The molecule has 13 heavy (non-hydrogen) atoms. The van der Waals surface area contributed by atoms with E-state index in [9.17, 15) is 4.79 Å². The van der Waals surface area contributed by atoms with Gasteiger partial charge in [-0.05, 0) is 25.0 Å². The van der Waals surface area contributed by atoms with E-state index in [1.54, 1.807) is 6.92 Å². The van der Waals surface area contributed by atoms with Gasteiger partial charge in [0, 0.05) is 19.4 Å². The number of hydrogen-bond acceptors (Lipinski definition) is 1. The van der Waals surface area contributed by atoms with Gasteiger partial charge in [0.2, 0.25) is 0 Å². The SMILES string of the molecule is CCC(C)(C(=O)O)c1ccn(C)c1. The fourth-order valence-electron chi connectivity index (χ4n) is 1.31. The van der Waals surface area contributed by atoms with E-state index >= 15 is 0 Å². The highest BCUT2D eigenvalue weighted by molar-refractivity contribution is 5.80. The van der Waals surface area contributed by atoms with Crippen molar-refractivity contribution in [1.82, 2.24) is 4.57 Å². The first-order valence-corrected chi connectivity index (χ1v) is 4.36. The quantitative estimate of drug-likeness (QED) is 0.772. The Morgan fingerprint density at radius 1 is 1.69 bits per heavy atom. The number of carbonyl (C=O) groups is 1. The molecule has 0 spiro atoms. The van der Waals surface area contributed by atoms with Crippen molar-refractivity contribution in [3.05, 3.63) is 24.0 Å². The molecule has 1 rings (SSSR count). The van der Waals surface area contributed by atoms with Crippen molar-refractivity contribution in [3.8, 4) is 0 Å². The van der Waals surface area contributed by atoms with Crippen LogP contribution in [0.2, 0.25) is 0 Å². The van der Waals surface area contributed by atoms with Crippen molar-refractivity contribution in [2.24, 2.45) is 7.05 Å². The van der Waals surface area contributed by atoms with Gasteiger partial charge in [0.15, 0.2) is 0 Å². The summed E-state index contributed by atoms with van der Waals surface area (Å²) in [5, 5.41) is 9.09. The maximum absolute atomic E-state index is 11.1. The van der Waals surface area contributed by atoms with Crippen LogP contribution in [0.5, 0.6) is 0 Å². The number of nitrogens with zero attached hydrogens (tertiary/aromatic N) is 1. The van der Waals surface area contributed by atoms with Crippen LogP contribution in [0.25, 0.3) is 0 Å². The lowest BCUT2D eigenvalue weighted by atomic mass is 9.82. The van der Waals surface area contributed by atoms with Crippen LogP contribution in [0.3, 0.4) is 0 Å². The van der Waals surface area contributed by atoms with Crippen LogP contribution in [0.15, 0.2) is 18.5 Å². The molecule has 0 aromatic carbocycles. The number of rotatable bonds is 3. The summed E-state index contributed by atoms with van der Waals surface area (Å²) in [7, 11) is 1.89. The zero-order chi connectivity index (χ0) is 10.1. The average Bonchev–Trinajstić information content (AvgIpc) is 2.50. The Morgan fingerprint density at radius 3 is 2.62 bits per heavy atom. The number of aliphatic carboxylic acids is 1. The number of hydrogen-bond donors (Lipinski definition) is 1. The minimum Gasteiger partial charge on any atom is -0.481 e. The number of carboxylic acid groups (broad SMARTS) is 1. The van der Waals surface area contributed by atoms with Crippen LogP contribution in [-0.4, -0.2) is 15.6 Å². The zero-order valence-electron chi connectivity index (χ0n) is 8.24. The van der Waals surface area contributed by atoms with E-state index in [4.69, 9.17) is 5.11 Å². The summed E-state index contributed by atoms with van der Waals surface area (Å²) in [6, 6.07) is 1.86. The van der Waals surface area contributed by atoms with Gasteiger partial charge in [-0.3, -0.25) is 4.79 Å². The van der Waals surface area contributed by atoms with Crippen molar-refractivity contribution in [2.75, 3.05) is 0 Å². The summed E-state index contributed by atoms with van der Waals surface area (Å²) in [5.74, 6) is -0.763. The molecule has 0 aliphatic heterocycles. The Bertz CT molecular complexity index is 316. The molecule has 1 N–H and O–H groups in total. The van der Waals surface area contributed by atoms with Gasteiger partial charge in [0.25, 0.3) is 0 Å². The highest BCUT2D eigenvalue weighted by Crippen LogP contribution is 2.27. The predicted octanol–water partition coefficient (Wildman–Crippen LogP) is 1.78. The van der Waals surface area contributed by atoms with E-state index in [2.05, 4.69) is 0 Å². The topological polar surface area (TPSA) is 42.2 Å². The molecule has 0 radical (unpaired) electrons. The van der Waals surface area contributed by atoms with Crippen LogP contribution in [0.4, 0.5) is 0 Å². The Kier molecular flexibility index (Phi) is 2.45. The second-order valence-electron chi connectivity index (χ2n) is 3.56. The van der Waals surface area contributed by atoms with Gasteiger partial charge in [-0.25, -0.2) is 0 Å². The lowest BCUT2D eigenvalue weighted by Crippen LogP contribution is -2.31. The standard InChI is InChI=1S/C10H15NO2/c1-4-10(2,9(12)13)8-5-6-11(3)7-8/h5-7H,4H2,1-3H3,(H,12,13). The Balaban J connectivity index is 3.09. The molecule has 0 saturated heterocycles. The molecule has 1 aromatic heterocycles. The van der Waals surface area contributed by atoms with Crippen molar-refractivity contribution in [2.45, 2.75) is 25.7 Å². The highest BCUT2D eigenvalue weighted by Gasteiger charge is 2.33. The van der Waals surface area contributed by atoms with Crippen LogP contribution in [0.1, 0.15) is 25.8 Å². The second kappa shape index (κ2) is 3.24. The zero-order valence-corrected chi connectivity index (χ0v) is 8.24. The molecule has 0 aliphatic carbocycles. The van der Waals surface area contributed by atoms with E-state index in [0.717, 1.165) is 5.56 Å². The summed E-state index contributed by atoms with van der Waals surface area (Å²) < 4.78 is 1.87. The van der Waals surface area contributed by atoms with Crippen molar-refractivity contribution in [3.63, 3.8) is 0 Å². The fraction of sp³-hybridized carbons (Fsp3) is 0.500. The molecule has 3 nitrogen and oxygen atoms in total. The molecule has 0 bridgehead atoms. The summed E-state index contributed by atoms with van der Waals surface area (Å²) in [6.45, 7) is 3.64. The van der Waals surface area contributed by atoms with Gasteiger partial charge in [-0.1, -0.05) is 6.92 Å². The van der Waals surface area contributed by atoms with Gasteiger partial charge in [0.1, 0.15) is 0 Å². The van der Waals surface area contributed by atoms with Gasteiger partial charge in [-0.15, -0.1) is 0 Å². The van der Waals surface area contributed by atoms with Gasteiger partial charge in [0.05, 0.1) is 5.41 Å². The van der Waals surface area contributed by atoms with Gasteiger partial charge >= 0.3 is 5.97 Å². The third kappa shape index (κ3) is 1.59. The predicted molar refractivity (Wildman–Crippen MR) is 50.7 cm³/mol. The molecule has 0 saturated carbocycles. The third-order valence-corrected chi connectivity index (χ3v) is 2.65. The van der Waals surface area contributed by atoms with E-state index in [1.807, 2.05) is 37.0 Å². The Hall–Kier alpha value is -1.25. The molecule has 3 heteroatoms. The molecule has 1 unspecified atom stereocenters. The van der Waals surface area contributed by atoms with Crippen molar-refractivity contribution < 1.29 is 9.90 Å². The smallest absolute Gasteiger partial charge is 0.313 e. The monoisotopic (exact) mass is 181 g/mol. The minimum atomic E-state index is -0.763. The second-order valence-corrected chi connectivity index (χ2v) is 3.56. The van der Waals surface area contributed by atoms with E-state index in [1.165, 1.54) is 0 Å². The Labute approximate surface area is 78.0 Å². The fourth-order valence-corrected chi connectivity index (χ4v) is 1.31. The van der Waals surface area contributed by atoms with E-state index < -0.39 is 11.4 Å². The lowest BCUT2D eigenvalue weighted by molar-refractivity contribution is -0.143. The minimum absolute atomic E-state index is 0.604. The van der Waals surface area contributed by atoms with Gasteiger partial charge < -0.3 is 9.67 Å². The average molecular weight is 181 g/mol. The lowest BCUT2D eigenvalue weighted by Gasteiger charge is -2.21. The number of carboxylic acids is 1. The third-order valence-electron chi connectivity index (χ3n) is 2.65. The molecule has 72 valence electrons. The maximum atomic E-state index is 11.1. The molecular weight excluding hydrogens is 166 g/mol. The summed E-state index contributed by atoms with van der Waals surface area (Å²) >= 11 is 0. The summed E-state index contributed by atoms with van der Waals surface area (Å²) in [6.07, 6.45) is 4.33. The molecule has 0 amide bonds. The van der Waals surface area contributed by atoms with Crippen LogP contribution >= 0.6 is 0 Å². The summed E-state index contributed by atoms with van der Waals surface area (Å²) in [4.78, 5) is 11.1. The van der Waals surface area contributed by atoms with Crippen LogP contribution in [0, 0.1) is 0 Å².